The topological polar surface area (TPSA) is 97.8 Å². The highest BCUT2D eigenvalue weighted by Crippen LogP contribution is 2.31. The molecule has 1 saturated heterocycles. The second kappa shape index (κ2) is 10.2. The van der Waals surface area contributed by atoms with Crippen molar-refractivity contribution in [2.75, 3.05) is 32.6 Å². The van der Waals surface area contributed by atoms with Gasteiger partial charge in [-0.2, -0.15) is 4.31 Å². The summed E-state index contributed by atoms with van der Waals surface area (Å²) in [6.45, 7) is 2.92. The summed E-state index contributed by atoms with van der Waals surface area (Å²) in [7, 11) is -0.505. The molecule has 1 fully saturated rings. The minimum atomic E-state index is -3.66. The third kappa shape index (κ3) is 5.30. The van der Waals surface area contributed by atoms with Gasteiger partial charge in [0.1, 0.15) is 5.75 Å². The van der Waals surface area contributed by atoms with Crippen molar-refractivity contribution in [3.63, 3.8) is 0 Å². The first-order chi connectivity index (χ1) is 16.3. The zero-order valence-corrected chi connectivity index (χ0v) is 20.9. The molecule has 1 aliphatic rings. The maximum Gasteiger partial charge on any atom is 0.257 e. The SMILES string of the molecule is COc1ccc(-c2nc(NC(=O)c3ccc(S(=O)(=O)N(C)CC4CCCO4)cc3)sc2C)cc1. The highest BCUT2D eigenvalue weighted by Gasteiger charge is 2.26. The molecule has 2 aromatic carbocycles. The van der Waals surface area contributed by atoms with Crippen molar-refractivity contribution in [1.82, 2.24) is 9.29 Å². The number of methoxy groups -OCH3 is 1. The highest BCUT2D eigenvalue weighted by atomic mass is 32.2. The molecule has 34 heavy (non-hydrogen) atoms. The number of nitrogens with one attached hydrogen (secondary N) is 1. The molecule has 1 atom stereocenters. The fourth-order valence-corrected chi connectivity index (χ4v) is 5.80. The normalized spacial score (nSPS) is 16.1. The van der Waals surface area contributed by atoms with Gasteiger partial charge in [0.2, 0.25) is 10.0 Å². The Morgan fingerprint density at radius 1 is 1.21 bits per heavy atom. The van der Waals surface area contributed by atoms with Crippen molar-refractivity contribution in [3.05, 3.63) is 59.0 Å². The van der Waals surface area contributed by atoms with Crippen LogP contribution in [-0.4, -0.2) is 57.0 Å². The first kappa shape index (κ1) is 24.3. The molecule has 8 nitrogen and oxygen atoms in total. The van der Waals surface area contributed by atoms with E-state index >= 15 is 0 Å². The molecule has 180 valence electrons. The smallest absolute Gasteiger partial charge is 0.257 e. The largest absolute Gasteiger partial charge is 0.497 e. The van der Waals surface area contributed by atoms with E-state index in [1.807, 2.05) is 31.2 Å². The number of sulfonamides is 1. The molecule has 3 aromatic rings. The molecule has 0 spiro atoms. The van der Waals surface area contributed by atoms with Crippen molar-refractivity contribution in [3.8, 4) is 17.0 Å². The molecule has 1 N–H and O–H groups in total. The van der Waals surface area contributed by atoms with Crippen LogP contribution >= 0.6 is 11.3 Å². The van der Waals surface area contributed by atoms with Crippen LogP contribution in [0.2, 0.25) is 0 Å². The molecule has 4 rings (SSSR count). The average molecular weight is 502 g/mol. The van der Waals surface area contributed by atoms with Gasteiger partial charge in [0, 0.05) is 36.2 Å². The van der Waals surface area contributed by atoms with Gasteiger partial charge in [-0.15, -0.1) is 11.3 Å². The van der Waals surface area contributed by atoms with E-state index in [1.54, 1.807) is 14.2 Å². The molecule has 10 heteroatoms. The number of aryl methyl sites for hydroxylation is 1. The maximum absolute atomic E-state index is 12.9. The lowest BCUT2D eigenvalue weighted by Crippen LogP contribution is -2.34. The van der Waals surface area contributed by atoms with E-state index in [-0.39, 0.29) is 16.9 Å². The fourth-order valence-electron chi connectivity index (χ4n) is 3.77. The zero-order chi connectivity index (χ0) is 24.3. The van der Waals surface area contributed by atoms with Crippen LogP contribution in [-0.2, 0) is 14.8 Å². The number of thiazole rings is 1. The van der Waals surface area contributed by atoms with Gasteiger partial charge in [-0.05, 0) is 68.3 Å². The molecule has 1 amide bonds. The van der Waals surface area contributed by atoms with Crippen LogP contribution in [0.4, 0.5) is 5.13 Å². The molecule has 1 unspecified atom stereocenters. The molecular formula is C24H27N3O5S2. The van der Waals surface area contributed by atoms with Gasteiger partial charge in [0.25, 0.3) is 5.91 Å². The van der Waals surface area contributed by atoms with Gasteiger partial charge in [0.15, 0.2) is 5.13 Å². The lowest BCUT2D eigenvalue weighted by molar-refractivity contribution is 0.0979. The number of carbonyl (C=O) groups is 1. The highest BCUT2D eigenvalue weighted by molar-refractivity contribution is 7.89. The van der Waals surface area contributed by atoms with Gasteiger partial charge in [0.05, 0.1) is 23.8 Å². The van der Waals surface area contributed by atoms with Crippen LogP contribution in [0.1, 0.15) is 28.1 Å². The Labute approximate surface area is 203 Å². The fraction of sp³-hybridized carbons (Fsp3) is 0.333. The molecule has 0 saturated carbocycles. The minimum Gasteiger partial charge on any atom is -0.497 e. The van der Waals surface area contributed by atoms with Crippen LogP contribution in [0.25, 0.3) is 11.3 Å². The number of aromatic nitrogens is 1. The van der Waals surface area contributed by atoms with Crippen LogP contribution in [0, 0.1) is 6.92 Å². The Balaban J connectivity index is 1.43. The van der Waals surface area contributed by atoms with Gasteiger partial charge in [-0.3, -0.25) is 10.1 Å². The number of likely N-dealkylation sites (N-methyl/N-ethyl adjacent to an activating group) is 1. The van der Waals surface area contributed by atoms with E-state index in [1.165, 1.54) is 39.9 Å². The average Bonchev–Trinajstić information content (AvgIpc) is 3.48. The number of nitrogens with zero attached hydrogens (tertiary/aromatic N) is 2. The van der Waals surface area contributed by atoms with E-state index in [0.29, 0.717) is 23.8 Å². The number of hydrogen-bond acceptors (Lipinski definition) is 7. The Kier molecular flexibility index (Phi) is 7.32. The summed E-state index contributed by atoms with van der Waals surface area (Å²) >= 11 is 1.38. The van der Waals surface area contributed by atoms with E-state index in [9.17, 15) is 13.2 Å². The van der Waals surface area contributed by atoms with Crippen LogP contribution < -0.4 is 10.1 Å². The van der Waals surface area contributed by atoms with Crippen molar-refractivity contribution in [2.24, 2.45) is 0 Å². The van der Waals surface area contributed by atoms with Crippen LogP contribution in [0.3, 0.4) is 0 Å². The van der Waals surface area contributed by atoms with Gasteiger partial charge >= 0.3 is 0 Å². The first-order valence-electron chi connectivity index (χ1n) is 10.9. The third-order valence-electron chi connectivity index (χ3n) is 5.69. The summed E-state index contributed by atoms with van der Waals surface area (Å²) < 4.78 is 37.8. The number of hydrogen-bond donors (Lipinski definition) is 1. The molecule has 1 aliphatic heterocycles. The minimum absolute atomic E-state index is 0.0746. The van der Waals surface area contributed by atoms with Crippen molar-refractivity contribution >= 4 is 32.4 Å². The number of ether oxygens (including phenoxy) is 2. The van der Waals surface area contributed by atoms with E-state index in [2.05, 4.69) is 10.3 Å². The maximum atomic E-state index is 12.9. The number of anilines is 1. The second-order valence-corrected chi connectivity index (χ2v) is 11.3. The quantitative estimate of drug-likeness (QED) is 0.497. The predicted molar refractivity (Wildman–Crippen MR) is 132 cm³/mol. The molecule has 0 radical (unpaired) electrons. The first-order valence-corrected chi connectivity index (χ1v) is 13.1. The monoisotopic (exact) mass is 501 g/mol. The lowest BCUT2D eigenvalue weighted by Gasteiger charge is -2.20. The summed E-state index contributed by atoms with van der Waals surface area (Å²) in [6, 6.07) is 13.5. The number of carbonyl (C=O) groups excluding carboxylic acids is 1. The number of rotatable bonds is 8. The standard InChI is InChI=1S/C24H27N3O5S2/c1-16-22(17-6-10-19(31-3)11-7-17)25-24(33-16)26-23(28)18-8-12-21(13-9-18)34(29,30)27(2)15-20-5-4-14-32-20/h6-13,20H,4-5,14-15H2,1-3H3,(H,25,26,28). The van der Waals surface area contributed by atoms with E-state index in [0.717, 1.165) is 34.7 Å². The molecule has 0 aliphatic carbocycles. The van der Waals surface area contributed by atoms with Crippen molar-refractivity contribution in [2.45, 2.75) is 30.8 Å². The number of benzene rings is 2. The molecule has 0 bridgehead atoms. The van der Waals surface area contributed by atoms with Crippen molar-refractivity contribution in [1.29, 1.82) is 0 Å². The summed E-state index contributed by atoms with van der Waals surface area (Å²) in [5, 5.41) is 3.28. The second-order valence-electron chi connectivity index (χ2n) is 8.05. The van der Waals surface area contributed by atoms with E-state index in [4.69, 9.17) is 9.47 Å². The Morgan fingerprint density at radius 3 is 2.53 bits per heavy atom. The van der Waals surface area contributed by atoms with E-state index < -0.39 is 10.0 Å². The lowest BCUT2D eigenvalue weighted by atomic mass is 10.1. The van der Waals surface area contributed by atoms with Gasteiger partial charge in [-0.25, -0.2) is 13.4 Å². The zero-order valence-electron chi connectivity index (χ0n) is 19.3. The van der Waals surface area contributed by atoms with Crippen LogP contribution in [0.5, 0.6) is 5.75 Å². The van der Waals surface area contributed by atoms with Crippen LogP contribution in [0.15, 0.2) is 53.4 Å². The third-order valence-corrected chi connectivity index (χ3v) is 8.41. The summed E-state index contributed by atoms with van der Waals surface area (Å²) in [6.07, 6.45) is 1.73. The Hall–Kier alpha value is -2.79. The summed E-state index contributed by atoms with van der Waals surface area (Å²) in [5.41, 5.74) is 2.06. The number of amides is 1. The van der Waals surface area contributed by atoms with Gasteiger partial charge < -0.3 is 9.47 Å². The molecule has 2 heterocycles. The Bertz CT molecular complexity index is 1250. The molecule has 1 aromatic heterocycles. The predicted octanol–water partition coefficient (Wildman–Crippen LogP) is 4.18. The van der Waals surface area contributed by atoms with Crippen molar-refractivity contribution < 1.29 is 22.7 Å². The summed E-state index contributed by atoms with van der Waals surface area (Å²) in [5.74, 6) is 0.403. The Morgan fingerprint density at radius 2 is 1.91 bits per heavy atom. The molecular weight excluding hydrogens is 474 g/mol. The van der Waals surface area contributed by atoms with Gasteiger partial charge in [-0.1, -0.05) is 0 Å². The summed E-state index contributed by atoms with van der Waals surface area (Å²) in [4.78, 5) is 18.4.